The van der Waals surface area contributed by atoms with Crippen LogP contribution < -0.4 is 10.2 Å². The molecule has 0 spiro atoms. The lowest BCUT2D eigenvalue weighted by atomic mass is 10.0. The summed E-state index contributed by atoms with van der Waals surface area (Å²) in [7, 11) is 6.07. The summed E-state index contributed by atoms with van der Waals surface area (Å²) in [5, 5.41) is 7.94. The van der Waals surface area contributed by atoms with Gasteiger partial charge in [-0.3, -0.25) is 9.58 Å². The number of nitrogens with zero attached hydrogens (tertiary/aromatic N) is 6. The van der Waals surface area contributed by atoms with Crippen molar-refractivity contribution < 1.29 is 0 Å². The normalized spacial score (nSPS) is 16.4. The summed E-state index contributed by atoms with van der Waals surface area (Å²) in [4.78, 5) is 14.5. The quantitative estimate of drug-likeness (QED) is 0.683. The zero-order chi connectivity index (χ0) is 20.7. The molecule has 3 heterocycles. The molecule has 1 fully saturated rings. The van der Waals surface area contributed by atoms with Crippen LogP contribution in [0.3, 0.4) is 0 Å². The highest BCUT2D eigenvalue weighted by Gasteiger charge is 2.27. The molecule has 1 aromatic carbocycles. The van der Waals surface area contributed by atoms with Gasteiger partial charge in [-0.15, -0.1) is 0 Å². The van der Waals surface area contributed by atoms with Crippen molar-refractivity contribution in [2.45, 2.75) is 38.4 Å². The molecule has 2 aromatic heterocycles. The van der Waals surface area contributed by atoms with E-state index in [4.69, 9.17) is 9.97 Å². The number of aryl methyl sites for hydroxylation is 1. The van der Waals surface area contributed by atoms with E-state index in [1.807, 2.05) is 19.4 Å². The monoisotopic (exact) mass is 403 g/mol. The van der Waals surface area contributed by atoms with Crippen LogP contribution in [0, 0.1) is 0 Å². The van der Waals surface area contributed by atoms with Crippen molar-refractivity contribution in [1.82, 2.24) is 24.6 Å². The maximum atomic E-state index is 4.92. The highest BCUT2D eigenvalue weighted by molar-refractivity contribution is 5.59. The molecule has 156 valence electrons. The smallest absolute Gasteiger partial charge is 0.164 e. The maximum absolute atomic E-state index is 4.92. The Balaban J connectivity index is 1.39. The minimum absolute atomic E-state index is 0.555. The van der Waals surface area contributed by atoms with Crippen molar-refractivity contribution >= 4 is 11.5 Å². The Morgan fingerprint density at radius 2 is 1.93 bits per heavy atom. The Morgan fingerprint density at radius 1 is 1.13 bits per heavy atom. The highest BCUT2D eigenvalue weighted by Crippen LogP contribution is 2.32. The number of hydrogen-bond acceptors (Lipinski definition) is 6. The number of benzene rings is 1. The SMILES string of the molecule is CN(C)c1ccc(CN2CCc3nc(-c4cnn(C)c4)nc(NC4CC4)c3C2)cc1. The first kappa shape index (κ1) is 19.1. The van der Waals surface area contributed by atoms with Gasteiger partial charge in [0.05, 0.1) is 17.5 Å². The predicted octanol–water partition coefficient (Wildman–Crippen LogP) is 3.08. The van der Waals surface area contributed by atoms with Crippen LogP contribution in [0.1, 0.15) is 29.7 Å². The van der Waals surface area contributed by atoms with E-state index in [-0.39, 0.29) is 0 Å². The minimum Gasteiger partial charge on any atom is -0.378 e. The molecule has 1 aliphatic heterocycles. The molecule has 0 radical (unpaired) electrons. The van der Waals surface area contributed by atoms with Crippen molar-refractivity contribution in [2.24, 2.45) is 7.05 Å². The molecule has 0 unspecified atom stereocenters. The molecule has 1 N–H and O–H groups in total. The summed E-state index contributed by atoms with van der Waals surface area (Å²) >= 11 is 0. The maximum Gasteiger partial charge on any atom is 0.164 e. The summed E-state index contributed by atoms with van der Waals surface area (Å²) < 4.78 is 1.80. The number of rotatable bonds is 6. The van der Waals surface area contributed by atoms with E-state index in [0.29, 0.717) is 6.04 Å². The molecule has 1 aliphatic carbocycles. The molecule has 2 aliphatic rings. The van der Waals surface area contributed by atoms with E-state index in [0.717, 1.165) is 43.3 Å². The zero-order valence-electron chi connectivity index (χ0n) is 18.0. The van der Waals surface area contributed by atoms with E-state index in [2.05, 4.69) is 58.6 Å². The summed E-state index contributed by atoms with van der Waals surface area (Å²) in [6.45, 7) is 2.84. The Morgan fingerprint density at radius 3 is 2.60 bits per heavy atom. The van der Waals surface area contributed by atoms with Gasteiger partial charge in [-0.05, 0) is 30.5 Å². The van der Waals surface area contributed by atoms with Crippen LogP contribution in [-0.4, -0.2) is 51.3 Å². The van der Waals surface area contributed by atoms with Gasteiger partial charge in [-0.1, -0.05) is 12.1 Å². The second-order valence-corrected chi connectivity index (χ2v) is 8.66. The van der Waals surface area contributed by atoms with Crippen molar-refractivity contribution in [1.29, 1.82) is 0 Å². The number of nitrogens with one attached hydrogen (secondary N) is 1. The zero-order valence-corrected chi connectivity index (χ0v) is 18.0. The van der Waals surface area contributed by atoms with Crippen LogP contribution in [0.4, 0.5) is 11.5 Å². The average molecular weight is 404 g/mol. The van der Waals surface area contributed by atoms with Gasteiger partial charge in [0.2, 0.25) is 0 Å². The van der Waals surface area contributed by atoms with E-state index >= 15 is 0 Å². The Kier molecular flexibility index (Phi) is 4.90. The number of anilines is 2. The average Bonchev–Trinajstić information content (AvgIpc) is 3.45. The minimum atomic E-state index is 0.555. The third kappa shape index (κ3) is 4.03. The van der Waals surface area contributed by atoms with Crippen LogP contribution in [0.15, 0.2) is 36.7 Å². The van der Waals surface area contributed by atoms with Crippen molar-refractivity contribution in [2.75, 3.05) is 30.9 Å². The lowest BCUT2D eigenvalue weighted by Gasteiger charge is -2.30. The van der Waals surface area contributed by atoms with Crippen molar-refractivity contribution in [3.63, 3.8) is 0 Å². The fourth-order valence-corrected chi connectivity index (χ4v) is 3.97. The molecule has 7 heteroatoms. The second kappa shape index (κ2) is 7.72. The van der Waals surface area contributed by atoms with Gasteiger partial charge >= 0.3 is 0 Å². The topological polar surface area (TPSA) is 62.1 Å². The van der Waals surface area contributed by atoms with E-state index in [1.165, 1.54) is 35.3 Å². The Labute approximate surface area is 177 Å². The molecule has 30 heavy (non-hydrogen) atoms. The van der Waals surface area contributed by atoms with Crippen LogP contribution in [0.25, 0.3) is 11.4 Å². The van der Waals surface area contributed by atoms with E-state index < -0.39 is 0 Å². The molecule has 0 bridgehead atoms. The number of aromatic nitrogens is 4. The number of fused-ring (bicyclic) bond motifs is 1. The van der Waals surface area contributed by atoms with Gasteiger partial charge in [0.1, 0.15) is 5.82 Å². The number of hydrogen-bond donors (Lipinski definition) is 1. The van der Waals surface area contributed by atoms with Crippen LogP contribution >= 0.6 is 0 Å². The van der Waals surface area contributed by atoms with Gasteiger partial charge in [-0.2, -0.15) is 5.10 Å². The third-order valence-corrected chi connectivity index (χ3v) is 5.88. The first-order valence-electron chi connectivity index (χ1n) is 10.7. The standard InChI is InChI=1S/C23H29N7/c1-28(2)19-8-4-16(5-9-19)13-30-11-10-21-20(15-30)23(25-18-6-7-18)27-22(26-21)17-12-24-29(3)14-17/h4-5,8-9,12,14,18H,6-7,10-11,13,15H2,1-3H3,(H,25,26,27). The molecular formula is C23H29N7. The second-order valence-electron chi connectivity index (χ2n) is 8.66. The molecule has 0 amide bonds. The lowest BCUT2D eigenvalue weighted by Crippen LogP contribution is -2.32. The molecule has 0 saturated heterocycles. The fraction of sp³-hybridized carbons (Fsp3) is 0.435. The molecular weight excluding hydrogens is 374 g/mol. The summed E-state index contributed by atoms with van der Waals surface area (Å²) in [5.41, 5.74) is 5.98. The van der Waals surface area contributed by atoms with Gasteiger partial charge < -0.3 is 10.2 Å². The lowest BCUT2D eigenvalue weighted by molar-refractivity contribution is 0.243. The fourth-order valence-electron chi connectivity index (χ4n) is 3.97. The van der Waals surface area contributed by atoms with Crippen LogP contribution in [0.2, 0.25) is 0 Å². The van der Waals surface area contributed by atoms with Gasteiger partial charge in [-0.25, -0.2) is 9.97 Å². The summed E-state index contributed by atoms with van der Waals surface area (Å²) in [6.07, 6.45) is 7.22. The molecule has 7 nitrogen and oxygen atoms in total. The predicted molar refractivity (Wildman–Crippen MR) is 119 cm³/mol. The van der Waals surface area contributed by atoms with Crippen LogP contribution in [0.5, 0.6) is 0 Å². The summed E-state index contributed by atoms with van der Waals surface area (Å²) in [5.74, 6) is 1.78. The third-order valence-electron chi connectivity index (χ3n) is 5.88. The van der Waals surface area contributed by atoms with Crippen molar-refractivity contribution in [3.05, 3.63) is 53.5 Å². The van der Waals surface area contributed by atoms with Crippen LogP contribution in [-0.2, 0) is 26.6 Å². The van der Waals surface area contributed by atoms with E-state index in [9.17, 15) is 0 Å². The Hall–Kier alpha value is -2.93. The van der Waals surface area contributed by atoms with Gasteiger partial charge in [0, 0.05) is 70.7 Å². The molecule has 1 saturated carbocycles. The molecule has 3 aromatic rings. The van der Waals surface area contributed by atoms with Gasteiger partial charge in [0.15, 0.2) is 5.82 Å². The first-order chi connectivity index (χ1) is 14.5. The first-order valence-corrected chi connectivity index (χ1v) is 10.7. The molecule has 0 atom stereocenters. The van der Waals surface area contributed by atoms with E-state index in [1.54, 1.807) is 4.68 Å². The van der Waals surface area contributed by atoms with Crippen molar-refractivity contribution in [3.8, 4) is 11.4 Å². The Bertz CT molecular complexity index is 1030. The largest absolute Gasteiger partial charge is 0.378 e. The van der Waals surface area contributed by atoms with Gasteiger partial charge in [0.25, 0.3) is 0 Å². The highest BCUT2D eigenvalue weighted by atomic mass is 15.2. The summed E-state index contributed by atoms with van der Waals surface area (Å²) in [6, 6.07) is 9.40. The molecule has 5 rings (SSSR count).